The number of nitrogens with one attached hydrogen (secondary N) is 1. The lowest BCUT2D eigenvalue weighted by molar-refractivity contribution is -0.0251. The molecule has 1 N–H and O–H groups in total. The SMILES string of the molecule is COc1ccc2c(c1)C1OCC(CC(C)C)NC1C2. The van der Waals surface area contributed by atoms with Crippen LogP contribution in [0.4, 0.5) is 0 Å². The molecule has 3 rings (SSSR count). The van der Waals surface area contributed by atoms with Gasteiger partial charge in [-0.25, -0.2) is 0 Å². The van der Waals surface area contributed by atoms with Gasteiger partial charge in [0.1, 0.15) is 5.75 Å². The van der Waals surface area contributed by atoms with E-state index in [4.69, 9.17) is 9.47 Å². The van der Waals surface area contributed by atoms with Gasteiger partial charge in [0.2, 0.25) is 0 Å². The lowest BCUT2D eigenvalue weighted by Gasteiger charge is -2.35. The highest BCUT2D eigenvalue weighted by molar-refractivity contribution is 5.42. The van der Waals surface area contributed by atoms with Crippen molar-refractivity contribution in [2.45, 2.75) is 44.9 Å². The molecule has 1 saturated heterocycles. The van der Waals surface area contributed by atoms with Gasteiger partial charge in [-0.1, -0.05) is 19.9 Å². The van der Waals surface area contributed by atoms with Crippen LogP contribution >= 0.6 is 0 Å². The second-order valence-electron chi connectivity index (χ2n) is 6.12. The molecule has 2 aliphatic rings. The third-order valence-electron chi connectivity index (χ3n) is 4.15. The zero-order chi connectivity index (χ0) is 13.4. The van der Waals surface area contributed by atoms with Crippen LogP contribution in [0.1, 0.15) is 37.5 Å². The van der Waals surface area contributed by atoms with Crippen LogP contribution in [0.25, 0.3) is 0 Å². The van der Waals surface area contributed by atoms with Crippen molar-refractivity contribution in [2.75, 3.05) is 13.7 Å². The van der Waals surface area contributed by atoms with E-state index in [0.29, 0.717) is 18.0 Å². The highest BCUT2D eigenvalue weighted by Gasteiger charge is 2.38. The summed E-state index contributed by atoms with van der Waals surface area (Å²) in [6.45, 7) is 5.35. The summed E-state index contributed by atoms with van der Waals surface area (Å²) in [5, 5.41) is 3.77. The lowest BCUT2D eigenvalue weighted by Crippen LogP contribution is -2.49. The maximum absolute atomic E-state index is 6.12. The summed E-state index contributed by atoms with van der Waals surface area (Å²) in [5.41, 5.74) is 2.70. The molecule has 0 bridgehead atoms. The standard InChI is InChI=1S/C16H23NO2/c1-10(2)6-12-9-19-16-14-8-13(18-3)5-4-11(14)7-15(16)17-12/h4-5,8,10,12,15-17H,6-7,9H2,1-3H3. The molecular weight excluding hydrogens is 238 g/mol. The molecule has 0 spiro atoms. The van der Waals surface area contributed by atoms with E-state index in [9.17, 15) is 0 Å². The Kier molecular flexibility index (Phi) is 3.50. The summed E-state index contributed by atoms with van der Waals surface area (Å²) in [7, 11) is 1.72. The molecule has 0 saturated carbocycles. The van der Waals surface area contributed by atoms with E-state index >= 15 is 0 Å². The summed E-state index contributed by atoms with van der Waals surface area (Å²) >= 11 is 0. The molecule has 3 nitrogen and oxygen atoms in total. The molecule has 1 aromatic rings. The molecule has 0 amide bonds. The largest absolute Gasteiger partial charge is 0.497 e. The predicted molar refractivity (Wildman–Crippen MR) is 75.6 cm³/mol. The van der Waals surface area contributed by atoms with Crippen LogP contribution < -0.4 is 10.1 Å². The van der Waals surface area contributed by atoms with Crippen molar-refractivity contribution in [3.8, 4) is 5.75 Å². The van der Waals surface area contributed by atoms with Gasteiger partial charge in [0.25, 0.3) is 0 Å². The second kappa shape index (κ2) is 5.14. The smallest absolute Gasteiger partial charge is 0.119 e. The lowest BCUT2D eigenvalue weighted by atomic mass is 10.00. The Balaban J connectivity index is 1.75. The minimum absolute atomic E-state index is 0.202. The summed E-state index contributed by atoms with van der Waals surface area (Å²) in [4.78, 5) is 0. The van der Waals surface area contributed by atoms with E-state index in [0.717, 1.165) is 18.8 Å². The zero-order valence-electron chi connectivity index (χ0n) is 12.0. The molecule has 104 valence electrons. The molecule has 3 unspecified atom stereocenters. The first-order valence-electron chi connectivity index (χ1n) is 7.22. The Bertz CT molecular complexity index is 458. The van der Waals surface area contributed by atoms with Crippen molar-refractivity contribution in [1.29, 1.82) is 0 Å². The first-order chi connectivity index (χ1) is 9.17. The highest BCUT2D eigenvalue weighted by Crippen LogP contribution is 2.38. The first-order valence-corrected chi connectivity index (χ1v) is 7.22. The summed E-state index contributed by atoms with van der Waals surface area (Å²) in [6, 6.07) is 7.28. The third-order valence-corrected chi connectivity index (χ3v) is 4.15. The summed E-state index contributed by atoms with van der Waals surface area (Å²) in [5.74, 6) is 1.63. The van der Waals surface area contributed by atoms with Crippen LogP contribution in [0.3, 0.4) is 0 Å². The van der Waals surface area contributed by atoms with Gasteiger partial charge in [-0.2, -0.15) is 0 Å². The van der Waals surface area contributed by atoms with Crippen LogP contribution in [-0.4, -0.2) is 25.8 Å². The zero-order valence-corrected chi connectivity index (χ0v) is 12.0. The van der Waals surface area contributed by atoms with Crippen molar-refractivity contribution >= 4 is 0 Å². The fraction of sp³-hybridized carbons (Fsp3) is 0.625. The number of morpholine rings is 1. The van der Waals surface area contributed by atoms with Crippen molar-refractivity contribution in [3.63, 3.8) is 0 Å². The molecule has 1 fully saturated rings. The predicted octanol–water partition coefficient (Wildman–Crippen LogP) is 2.70. The van der Waals surface area contributed by atoms with Crippen LogP contribution in [0.5, 0.6) is 5.75 Å². The Morgan fingerprint density at radius 3 is 3.00 bits per heavy atom. The van der Waals surface area contributed by atoms with Gasteiger partial charge in [0.05, 0.1) is 19.8 Å². The average molecular weight is 261 g/mol. The fourth-order valence-corrected chi connectivity index (χ4v) is 3.34. The van der Waals surface area contributed by atoms with Gasteiger partial charge in [-0.05, 0) is 42.0 Å². The number of methoxy groups -OCH3 is 1. The van der Waals surface area contributed by atoms with E-state index in [2.05, 4.69) is 31.3 Å². The van der Waals surface area contributed by atoms with Crippen LogP contribution in [0.2, 0.25) is 0 Å². The number of fused-ring (bicyclic) bond motifs is 3. The monoisotopic (exact) mass is 261 g/mol. The number of ether oxygens (including phenoxy) is 2. The van der Waals surface area contributed by atoms with Gasteiger partial charge in [0, 0.05) is 12.1 Å². The quantitative estimate of drug-likeness (QED) is 0.907. The van der Waals surface area contributed by atoms with Gasteiger partial charge in [-0.15, -0.1) is 0 Å². The first kappa shape index (κ1) is 12.9. The average Bonchev–Trinajstić information content (AvgIpc) is 2.74. The van der Waals surface area contributed by atoms with E-state index in [-0.39, 0.29) is 6.10 Å². The second-order valence-corrected chi connectivity index (χ2v) is 6.12. The molecule has 3 atom stereocenters. The highest BCUT2D eigenvalue weighted by atomic mass is 16.5. The van der Waals surface area contributed by atoms with E-state index in [1.807, 2.05) is 6.07 Å². The number of hydrogen-bond donors (Lipinski definition) is 1. The summed E-state index contributed by atoms with van der Waals surface area (Å²) < 4.78 is 11.4. The third kappa shape index (κ3) is 2.49. The van der Waals surface area contributed by atoms with E-state index in [1.54, 1.807) is 7.11 Å². The van der Waals surface area contributed by atoms with Gasteiger partial charge in [0.15, 0.2) is 0 Å². The molecule has 0 aromatic heterocycles. The van der Waals surface area contributed by atoms with Crippen molar-refractivity contribution in [2.24, 2.45) is 5.92 Å². The molecule has 1 aliphatic carbocycles. The number of hydrogen-bond acceptors (Lipinski definition) is 3. The number of benzene rings is 1. The Morgan fingerprint density at radius 2 is 2.26 bits per heavy atom. The molecule has 1 aliphatic heterocycles. The fourth-order valence-electron chi connectivity index (χ4n) is 3.34. The van der Waals surface area contributed by atoms with E-state index < -0.39 is 0 Å². The van der Waals surface area contributed by atoms with Crippen molar-refractivity contribution in [3.05, 3.63) is 29.3 Å². The maximum atomic E-state index is 6.12. The van der Waals surface area contributed by atoms with Crippen LogP contribution in [0.15, 0.2) is 18.2 Å². The Labute approximate surface area is 115 Å². The molecule has 1 aromatic carbocycles. The minimum atomic E-state index is 0.202. The molecule has 3 heteroatoms. The topological polar surface area (TPSA) is 30.5 Å². The molecule has 19 heavy (non-hydrogen) atoms. The Hall–Kier alpha value is -1.06. The van der Waals surface area contributed by atoms with Gasteiger partial charge >= 0.3 is 0 Å². The van der Waals surface area contributed by atoms with Crippen molar-refractivity contribution < 1.29 is 9.47 Å². The normalized spacial score (nSPS) is 29.2. The molecule has 0 radical (unpaired) electrons. The van der Waals surface area contributed by atoms with Gasteiger partial charge < -0.3 is 14.8 Å². The number of rotatable bonds is 3. The maximum Gasteiger partial charge on any atom is 0.119 e. The molecule has 1 heterocycles. The van der Waals surface area contributed by atoms with Gasteiger partial charge in [-0.3, -0.25) is 0 Å². The summed E-state index contributed by atoms with van der Waals surface area (Å²) in [6.07, 6.45) is 2.45. The molecular formula is C16H23NO2. The van der Waals surface area contributed by atoms with Crippen LogP contribution in [-0.2, 0) is 11.2 Å². The van der Waals surface area contributed by atoms with E-state index in [1.165, 1.54) is 17.5 Å². The van der Waals surface area contributed by atoms with Crippen molar-refractivity contribution in [1.82, 2.24) is 5.32 Å². The Morgan fingerprint density at radius 1 is 1.42 bits per heavy atom. The van der Waals surface area contributed by atoms with Crippen LogP contribution in [0, 0.1) is 5.92 Å². The minimum Gasteiger partial charge on any atom is -0.497 e.